The Labute approximate surface area is 152 Å². The molecule has 0 saturated carbocycles. The number of aliphatic hydroxyl groups excluding tert-OH is 1. The van der Waals surface area contributed by atoms with Crippen molar-refractivity contribution in [3.05, 3.63) is 11.6 Å². The fourth-order valence-electron chi connectivity index (χ4n) is 3.40. The van der Waals surface area contributed by atoms with Gasteiger partial charge in [0, 0.05) is 6.54 Å². The van der Waals surface area contributed by atoms with Gasteiger partial charge < -0.3 is 14.7 Å². The standard InChI is InChI=1S/C20H35NO4/c1-5-6-7-8-9-10-12-15(2)18(22)16(3)19(23)21-14-11-13-17(21)20(24)25-4/h12,16-18,22H,5-11,13-14H2,1-4H3/b15-12+/t16-,17+,18?/m1/s1. The number of carbonyl (C=O) groups is 2. The summed E-state index contributed by atoms with van der Waals surface area (Å²) in [6.07, 6.45) is 9.68. The van der Waals surface area contributed by atoms with Crippen LogP contribution in [-0.2, 0) is 14.3 Å². The molecule has 0 aromatic heterocycles. The van der Waals surface area contributed by atoms with Crippen molar-refractivity contribution >= 4 is 11.9 Å². The van der Waals surface area contributed by atoms with Crippen LogP contribution in [0.5, 0.6) is 0 Å². The molecule has 1 aliphatic heterocycles. The molecular weight excluding hydrogens is 318 g/mol. The number of amides is 1. The molecule has 0 spiro atoms. The van der Waals surface area contributed by atoms with Crippen molar-refractivity contribution < 1.29 is 19.4 Å². The molecule has 0 radical (unpaired) electrons. The van der Waals surface area contributed by atoms with E-state index in [0.29, 0.717) is 13.0 Å². The van der Waals surface area contributed by atoms with E-state index in [1.54, 1.807) is 11.8 Å². The van der Waals surface area contributed by atoms with Crippen LogP contribution in [0.25, 0.3) is 0 Å². The second kappa shape index (κ2) is 11.3. The maximum absolute atomic E-state index is 12.7. The van der Waals surface area contributed by atoms with Crippen LogP contribution in [0.2, 0.25) is 0 Å². The molecule has 1 fully saturated rings. The molecule has 3 atom stereocenters. The summed E-state index contributed by atoms with van der Waals surface area (Å²) in [5.74, 6) is -1.09. The predicted molar refractivity (Wildman–Crippen MR) is 99.1 cm³/mol. The van der Waals surface area contributed by atoms with Crippen molar-refractivity contribution in [2.75, 3.05) is 13.7 Å². The van der Waals surface area contributed by atoms with E-state index in [2.05, 4.69) is 6.92 Å². The summed E-state index contributed by atoms with van der Waals surface area (Å²) in [4.78, 5) is 26.1. The quantitative estimate of drug-likeness (QED) is 0.371. The van der Waals surface area contributed by atoms with E-state index in [-0.39, 0.29) is 11.9 Å². The lowest BCUT2D eigenvalue weighted by Gasteiger charge is -2.28. The minimum absolute atomic E-state index is 0.170. The zero-order valence-electron chi connectivity index (χ0n) is 16.3. The maximum Gasteiger partial charge on any atom is 0.328 e. The highest BCUT2D eigenvalue weighted by Crippen LogP contribution is 2.24. The van der Waals surface area contributed by atoms with Crippen molar-refractivity contribution in [1.82, 2.24) is 4.90 Å². The molecule has 5 heteroatoms. The fraction of sp³-hybridized carbons (Fsp3) is 0.800. The molecule has 1 amide bonds. The highest BCUT2D eigenvalue weighted by Gasteiger charge is 2.38. The van der Waals surface area contributed by atoms with Crippen LogP contribution < -0.4 is 0 Å². The lowest BCUT2D eigenvalue weighted by molar-refractivity contribution is -0.153. The smallest absolute Gasteiger partial charge is 0.328 e. The third-order valence-corrected chi connectivity index (χ3v) is 5.11. The molecule has 1 unspecified atom stereocenters. The van der Waals surface area contributed by atoms with E-state index in [1.807, 2.05) is 13.0 Å². The Morgan fingerprint density at radius 2 is 1.96 bits per heavy atom. The molecule has 5 nitrogen and oxygen atoms in total. The normalized spacial score (nSPS) is 20.4. The highest BCUT2D eigenvalue weighted by molar-refractivity contribution is 5.86. The Morgan fingerprint density at radius 1 is 1.28 bits per heavy atom. The summed E-state index contributed by atoms with van der Waals surface area (Å²) in [5.41, 5.74) is 0.838. The maximum atomic E-state index is 12.7. The largest absolute Gasteiger partial charge is 0.467 e. The van der Waals surface area contributed by atoms with Gasteiger partial charge in [0.1, 0.15) is 6.04 Å². The predicted octanol–water partition coefficient (Wildman–Crippen LogP) is 3.45. The van der Waals surface area contributed by atoms with Crippen LogP contribution in [0.1, 0.15) is 72.1 Å². The van der Waals surface area contributed by atoms with Crippen LogP contribution in [0.4, 0.5) is 0 Å². The van der Waals surface area contributed by atoms with Gasteiger partial charge in [0.05, 0.1) is 19.1 Å². The van der Waals surface area contributed by atoms with Crippen LogP contribution in [-0.4, -0.2) is 47.7 Å². The van der Waals surface area contributed by atoms with E-state index < -0.39 is 18.1 Å². The highest BCUT2D eigenvalue weighted by atomic mass is 16.5. The molecule has 1 aliphatic rings. The summed E-state index contributed by atoms with van der Waals surface area (Å²) in [6.45, 7) is 6.36. The van der Waals surface area contributed by atoms with E-state index in [1.165, 1.54) is 32.8 Å². The Morgan fingerprint density at radius 3 is 2.60 bits per heavy atom. The van der Waals surface area contributed by atoms with Gasteiger partial charge in [0.2, 0.25) is 5.91 Å². The lowest BCUT2D eigenvalue weighted by atomic mass is 9.95. The Kier molecular flexibility index (Phi) is 9.79. The molecule has 1 rings (SSSR count). The first kappa shape index (κ1) is 21.7. The van der Waals surface area contributed by atoms with Gasteiger partial charge in [0.25, 0.3) is 0 Å². The number of methoxy groups -OCH3 is 1. The SMILES string of the molecule is CCCCCCC/C=C(\C)C(O)[C@@H](C)C(=O)N1CCC[C@H]1C(=O)OC. The van der Waals surface area contributed by atoms with Crippen molar-refractivity contribution in [2.24, 2.45) is 5.92 Å². The van der Waals surface area contributed by atoms with Gasteiger partial charge in [-0.25, -0.2) is 4.79 Å². The van der Waals surface area contributed by atoms with Gasteiger partial charge in [-0.1, -0.05) is 45.6 Å². The van der Waals surface area contributed by atoms with Crippen LogP contribution in [0.15, 0.2) is 11.6 Å². The molecule has 0 aromatic rings. The van der Waals surface area contributed by atoms with Gasteiger partial charge in [-0.05, 0) is 38.2 Å². The van der Waals surface area contributed by atoms with E-state index in [4.69, 9.17) is 4.74 Å². The zero-order chi connectivity index (χ0) is 18.8. The molecule has 0 bridgehead atoms. The van der Waals surface area contributed by atoms with E-state index >= 15 is 0 Å². The minimum Gasteiger partial charge on any atom is -0.467 e. The number of likely N-dealkylation sites (tertiary alicyclic amines) is 1. The third kappa shape index (κ3) is 6.46. The van der Waals surface area contributed by atoms with Crippen molar-refractivity contribution in [2.45, 2.75) is 84.3 Å². The van der Waals surface area contributed by atoms with E-state index in [9.17, 15) is 14.7 Å². The minimum atomic E-state index is -0.804. The second-order valence-corrected chi connectivity index (χ2v) is 7.10. The molecule has 1 heterocycles. The second-order valence-electron chi connectivity index (χ2n) is 7.10. The first-order chi connectivity index (χ1) is 11.9. The van der Waals surface area contributed by atoms with Crippen LogP contribution >= 0.6 is 0 Å². The number of unbranched alkanes of at least 4 members (excludes halogenated alkanes) is 5. The average Bonchev–Trinajstić information content (AvgIpc) is 3.11. The molecule has 1 N–H and O–H groups in total. The molecular formula is C20H35NO4. The number of carbonyl (C=O) groups excluding carboxylic acids is 2. The zero-order valence-corrected chi connectivity index (χ0v) is 16.3. The van der Waals surface area contributed by atoms with Gasteiger partial charge in [0.15, 0.2) is 0 Å². The average molecular weight is 354 g/mol. The lowest BCUT2D eigenvalue weighted by Crippen LogP contribution is -2.46. The summed E-state index contributed by atoms with van der Waals surface area (Å²) < 4.78 is 4.79. The first-order valence-corrected chi connectivity index (χ1v) is 9.67. The number of nitrogens with zero attached hydrogens (tertiary/aromatic N) is 1. The Bertz CT molecular complexity index is 461. The molecule has 0 aliphatic carbocycles. The van der Waals surface area contributed by atoms with Gasteiger partial charge in [-0.3, -0.25) is 4.79 Å². The number of esters is 1. The number of rotatable bonds is 10. The fourth-order valence-corrected chi connectivity index (χ4v) is 3.40. The van der Waals surface area contributed by atoms with Crippen LogP contribution in [0, 0.1) is 5.92 Å². The van der Waals surface area contributed by atoms with Gasteiger partial charge >= 0.3 is 5.97 Å². The molecule has 0 aromatic carbocycles. The van der Waals surface area contributed by atoms with Gasteiger partial charge in [-0.2, -0.15) is 0 Å². The monoisotopic (exact) mass is 353 g/mol. The number of allylic oxidation sites excluding steroid dienone is 1. The summed E-state index contributed by atoms with van der Waals surface area (Å²) >= 11 is 0. The van der Waals surface area contributed by atoms with Gasteiger partial charge in [-0.15, -0.1) is 0 Å². The summed E-state index contributed by atoms with van der Waals surface area (Å²) in [5, 5.41) is 10.5. The van der Waals surface area contributed by atoms with Crippen molar-refractivity contribution in [3.63, 3.8) is 0 Å². The Balaban J connectivity index is 2.54. The summed E-state index contributed by atoms with van der Waals surface area (Å²) in [6, 6.07) is -0.505. The number of hydrogen-bond acceptors (Lipinski definition) is 4. The molecule has 25 heavy (non-hydrogen) atoms. The Hall–Kier alpha value is -1.36. The number of hydrogen-bond donors (Lipinski definition) is 1. The summed E-state index contributed by atoms with van der Waals surface area (Å²) in [7, 11) is 1.34. The first-order valence-electron chi connectivity index (χ1n) is 9.67. The molecule has 1 saturated heterocycles. The van der Waals surface area contributed by atoms with Crippen molar-refractivity contribution in [3.8, 4) is 0 Å². The topological polar surface area (TPSA) is 66.8 Å². The van der Waals surface area contributed by atoms with Crippen molar-refractivity contribution in [1.29, 1.82) is 0 Å². The number of ether oxygens (including phenoxy) is 1. The van der Waals surface area contributed by atoms with Crippen LogP contribution in [0.3, 0.4) is 0 Å². The third-order valence-electron chi connectivity index (χ3n) is 5.11. The number of aliphatic hydroxyl groups is 1. The van der Waals surface area contributed by atoms with E-state index in [0.717, 1.165) is 24.8 Å². The molecule has 144 valence electrons.